The molecule has 1 amide bonds. The first kappa shape index (κ1) is 19.2. The molecule has 0 spiro atoms. The molecule has 8 heteroatoms. The van der Waals surface area contributed by atoms with Crippen LogP contribution in [0.25, 0.3) is 33.4 Å². The fraction of sp³-hybridized carbons (Fsp3) is 0.130. The van der Waals surface area contributed by atoms with E-state index in [4.69, 9.17) is 18.3 Å². The Hall–Kier alpha value is -3.78. The van der Waals surface area contributed by atoms with Gasteiger partial charge in [0.2, 0.25) is 0 Å². The number of hydrogen-bond donors (Lipinski definition) is 1. The number of amides is 1. The molecule has 0 fully saturated rings. The number of hydrogen-bond acceptors (Lipinski definition) is 7. The van der Waals surface area contributed by atoms with E-state index in [1.165, 1.54) is 11.3 Å². The van der Waals surface area contributed by atoms with Crippen molar-refractivity contribution in [2.45, 2.75) is 6.92 Å². The lowest BCUT2D eigenvalue weighted by Crippen LogP contribution is -2.10. The minimum atomic E-state index is -0.383. The molecule has 0 bridgehead atoms. The van der Waals surface area contributed by atoms with E-state index in [0.29, 0.717) is 45.9 Å². The molecule has 0 atom stereocenters. The van der Waals surface area contributed by atoms with E-state index < -0.39 is 0 Å². The Bertz CT molecular complexity index is 1400. The maximum absolute atomic E-state index is 12.7. The first-order valence-corrected chi connectivity index (χ1v) is 10.5. The highest BCUT2D eigenvalue weighted by Crippen LogP contribution is 2.35. The molecule has 0 aliphatic rings. The number of fused-ring (bicyclic) bond motifs is 2. The number of carbonyl (C=O) groups is 1. The van der Waals surface area contributed by atoms with Crippen LogP contribution in [0, 0.1) is 0 Å². The lowest BCUT2D eigenvalue weighted by molar-refractivity contribution is 0.0998. The zero-order valence-electron chi connectivity index (χ0n) is 16.8. The fourth-order valence-corrected chi connectivity index (χ4v) is 4.04. The summed E-state index contributed by atoms with van der Waals surface area (Å²) in [5.41, 5.74) is 1.83. The van der Waals surface area contributed by atoms with E-state index in [-0.39, 0.29) is 11.7 Å². The van der Waals surface area contributed by atoms with Crippen LogP contribution in [0.1, 0.15) is 17.5 Å². The van der Waals surface area contributed by atoms with Crippen LogP contribution in [0.2, 0.25) is 0 Å². The van der Waals surface area contributed by atoms with Gasteiger partial charge in [-0.1, -0.05) is 24.3 Å². The second-order valence-electron chi connectivity index (χ2n) is 6.70. The third kappa shape index (κ3) is 3.51. The molecule has 0 saturated heterocycles. The summed E-state index contributed by atoms with van der Waals surface area (Å²) in [6.45, 7) is 2.41. The Morgan fingerprint density at radius 1 is 1.06 bits per heavy atom. The molecule has 3 aromatic heterocycles. The summed E-state index contributed by atoms with van der Waals surface area (Å²) >= 11 is 1.30. The third-order valence-electron chi connectivity index (χ3n) is 4.74. The summed E-state index contributed by atoms with van der Waals surface area (Å²) in [4.78, 5) is 17.2. The topological polar surface area (TPSA) is 86.7 Å². The van der Waals surface area contributed by atoms with Crippen LogP contribution in [-0.2, 0) is 0 Å². The van der Waals surface area contributed by atoms with E-state index in [9.17, 15) is 4.79 Å². The molecule has 5 aromatic rings. The van der Waals surface area contributed by atoms with Crippen molar-refractivity contribution in [1.82, 2.24) is 4.98 Å². The molecule has 0 aliphatic heterocycles. The lowest BCUT2D eigenvalue weighted by Gasteiger charge is -2.02. The minimum Gasteiger partial charge on any atom is -0.493 e. The molecule has 156 valence electrons. The van der Waals surface area contributed by atoms with Gasteiger partial charge in [-0.3, -0.25) is 10.1 Å². The SMILES string of the molecule is CCOc1cccc2cc(C(=O)Nc3nc(-c4cc5cccc(OC)c5o4)cs3)oc12. The molecule has 2 aromatic carbocycles. The summed E-state index contributed by atoms with van der Waals surface area (Å²) in [6.07, 6.45) is 0. The summed E-state index contributed by atoms with van der Waals surface area (Å²) in [6, 6.07) is 14.8. The van der Waals surface area contributed by atoms with Crippen molar-refractivity contribution >= 4 is 44.3 Å². The average molecular weight is 434 g/mol. The maximum atomic E-state index is 12.7. The van der Waals surface area contributed by atoms with Crippen LogP contribution in [0.5, 0.6) is 11.5 Å². The van der Waals surface area contributed by atoms with E-state index >= 15 is 0 Å². The van der Waals surface area contributed by atoms with Gasteiger partial charge in [-0.15, -0.1) is 11.3 Å². The number of aromatic nitrogens is 1. The van der Waals surface area contributed by atoms with Gasteiger partial charge in [0.15, 0.2) is 39.3 Å². The molecule has 0 unspecified atom stereocenters. The number of benzene rings is 2. The largest absolute Gasteiger partial charge is 0.493 e. The molecular weight excluding hydrogens is 416 g/mol. The third-order valence-corrected chi connectivity index (χ3v) is 5.49. The van der Waals surface area contributed by atoms with E-state index in [1.807, 2.05) is 54.8 Å². The Labute approximate surface area is 181 Å². The first-order chi connectivity index (χ1) is 15.2. The Balaban J connectivity index is 1.39. The van der Waals surface area contributed by atoms with Gasteiger partial charge in [0.05, 0.1) is 13.7 Å². The number of anilines is 1. The number of carbonyl (C=O) groups excluding carboxylic acids is 1. The predicted molar refractivity (Wildman–Crippen MR) is 119 cm³/mol. The monoisotopic (exact) mass is 434 g/mol. The second kappa shape index (κ2) is 7.81. The molecule has 3 heterocycles. The highest BCUT2D eigenvalue weighted by Gasteiger charge is 2.18. The number of nitrogens with zero attached hydrogens (tertiary/aromatic N) is 1. The van der Waals surface area contributed by atoms with Gasteiger partial charge in [0, 0.05) is 16.2 Å². The van der Waals surface area contributed by atoms with Crippen molar-refractivity contribution < 1.29 is 23.1 Å². The van der Waals surface area contributed by atoms with Gasteiger partial charge in [-0.25, -0.2) is 4.98 Å². The molecule has 1 N–H and O–H groups in total. The number of ether oxygens (including phenoxy) is 2. The number of methoxy groups -OCH3 is 1. The first-order valence-electron chi connectivity index (χ1n) is 9.65. The molecule has 0 radical (unpaired) electrons. The zero-order chi connectivity index (χ0) is 21.4. The molecule has 0 aliphatic carbocycles. The van der Waals surface area contributed by atoms with Crippen molar-refractivity contribution in [3.05, 3.63) is 59.7 Å². The van der Waals surface area contributed by atoms with Crippen LogP contribution in [0.15, 0.2) is 62.7 Å². The Morgan fingerprint density at radius 2 is 1.81 bits per heavy atom. The van der Waals surface area contributed by atoms with Crippen LogP contribution in [0.4, 0.5) is 5.13 Å². The van der Waals surface area contributed by atoms with E-state index in [2.05, 4.69) is 10.3 Å². The summed E-state index contributed by atoms with van der Waals surface area (Å²) in [5.74, 6) is 1.67. The second-order valence-corrected chi connectivity index (χ2v) is 7.56. The quantitative estimate of drug-likeness (QED) is 0.355. The Morgan fingerprint density at radius 3 is 2.58 bits per heavy atom. The smallest absolute Gasteiger partial charge is 0.293 e. The van der Waals surface area contributed by atoms with Crippen molar-refractivity contribution in [2.75, 3.05) is 19.0 Å². The molecule has 5 rings (SSSR count). The average Bonchev–Trinajstić information content (AvgIpc) is 3.51. The van der Waals surface area contributed by atoms with Gasteiger partial charge in [-0.05, 0) is 31.2 Å². The molecule has 0 saturated carbocycles. The minimum absolute atomic E-state index is 0.187. The van der Waals surface area contributed by atoms with Gasteiger partial charge < -0.3 is 18.3 Å². The lowest BCUT2D eigenvalue weighted by atomic mass is 10.2. The molecular formula is C23H18N2O5S. The van der Waals surface area contributed by atoms with Crippen LogP contribution in [0.3, 0.4) is 0 Å². The van der Waals surface area contributed by atoms with Crippen LogP contribution < -0.4 is 14.8 Å². The van der Waals surface area contributed by atoms with Gasteiger partial charge >= 0.3 is 0 Å². The van der Waals surface area contributed by atoms with Crippen LogP contribution >= 0.6 is 11.3 Å². The van der Waals surface area contributed by atoms with Crippen molar-refractivity contribution in [1.29, 1.82) is 0 Å². The molecule has 31 heavy (non-hydrogen) atoms. The molecule has 7 nitrogen and oxygen atoms in total. The Kier molecular flexibility index (Phi) is 4.83. The van der Waals surface area contributed by atoms with E-state index in [0.717, 1.165) is 10.8 Å². The summed E-state index contributed by atoms with van der Waals surface area (Å²) in [5, 5.41) is 6.77. The zero-order valence-corrected chi connectivity index (χ0v) is 17.6. The summed E-state index contributed by atoms with van der Waals surface area (Å²) in [7, 11) is 1.60. The predicted octanol–water partition coefficient (Wildman–Crippen LogP) is 5.96. The number of nitrogens with one attached hydrogen (secondary N) is 1. The highest BCUT2D eigenvalue weighted by atomic mass is 32.1. The van der Waals surface area contributed by atoms with Crippen molar-refractivity contribution in [3.8, 4) is 23.0 Å². The standard InChI is InChI=1S/C23H18N2O5S/c1-3-28-17-9-5-7-14-11-19(30-21(14)17)22(26)25-23-24-15(12-31-23)18-10-13-6-4-8-16(27-2)20(13)29-18/h4-12H,3H2,1-2H3,(H,24,25,26). The number of rotatable bonds is 6. The van der Waals surface area contributed by atoms with Crippen molar-refractivity contribution in [3.63, 3.8) is 0 Å². The van der Waals surface area contributed by atoms with E-state index in [1.54, 1.807) is 13.2 Å². The normalized spacial score (nSPS) is 11.2. The van der Waals surface area contributed by atoms with Gasteiger partial charge in [-0.2, -0.15) is 0 Å². The number of thiazole rings is 1. The maximum Gasteiger partial charge on any atom is 0.293 e. The summed E-state index contributed by atoms with van der Waals surface area (Å²) < 4.78 is 22.6. The fourth-order valence-electron chi connectivity index (χ4n) is 3.34. The van der Waals surface area contributed by atoms with Gasteiger partial charge in [0.25, 0.3) is 5.91 Å². The van der Waals surface area contributed by atoms with Crippen LogP contribution in [-0.4, -0.2) is 24.6 Å². The number of furan rings is 2. The number of para-hydroxylation sites is 2. The van der Waals surface area contributed by atoms with Gasteiger partial charge in [0.1, 0.15) is 5.69 Å². The highest BCUT2D eigenvalue weighted by molar-refractivity contribution is 7.14. The van der Waals surface area contributed by atoms with Crippen molar-refractivity contribution in [2.24, 2.45) is 0 Å².